The number of fused-ring (bicyclic) bond motifs is 4. The van der Waals surface area contributed by atoms with E-state index in [0.29, 0.717) is 28.1 Å². The Balaban J connectivity index is 1.07. The van der Waals surface area contributed by atoms with Crippen LogP contribution in [-0.4, -0.2) is 60.4 Å². The number of benzene rings is 2. The lowest BCUT2D eigenvalue weighted by atomic mass is 9.82. The Morgan fingerprint density at radius 2 is 1.82 bits per heavy atom. The highest BCUT2D eigenvalue weighted by Gasteiger charge is 2.54. The molecular weight excluding hydrogens is 662 g/mol. The van der Waals surface area contributed by atoms with Crippen molar-refractivity contribution >= 4 is 46.4 Å². The van der Waals surface area contributed by atoms with Crippen molar-refractivity contribution in [1.82, 2.24) is 25.1 Å². The standard InChI is InChI=1S/C37H32FN5O6S/c38-21-15-24-23-11-4-5-12-27(23)42-17-26(32(44)25(16-21)31(24)42)33(45)40-28(19-8-2-1-3-9-19)34(46)41-29-35(47)43-30(37(48)49)20(18-50-36(29)43)14-22-10-6-7-13-39-22/h1-3,6-10,13,15-17,23,27-29,36H,4-5,11-12,14,18H2,(H,40,45)(H,41,46)(H,48,49). The summed E-state index contributed by atoms with van der Waals surface area (Å²) in [5, 5.41) is 15.0. The number of aliphatic carboxylic acids is 1. The van der Waals surface area contributed by atoms with E-state index in [1.165, 1.54) is 35.0 Å². The van der Waals surface area contributed by atoms with Crippen LogP contribution in [0.15, 0.2) is 89.1 Å². The molecule has 13 heteroatoms. The number of carboxylic acid groups (broad SMARTS) is 1. The maximum atomic E-state index is 14.8. The average molecular weight is 694 g/mol. The van der Waals surface area contributed by atoms with Crippen LogP contribution in [-0.2, 0) is 20.8 Å². The Morgan fingerprint density at radius 3 is 2.58 bits per heavy atom. The third-order valence-corrected chi connectivity index (χ3v) is 11.5. The number of carbonyl (C=O) groups excluding carboxylic acids is 3. The summed E-state index contributed by atoms with van der Waals surface area (Å²) >= 11 is 1.34. The minimum Gasteiger partial charge on any atom is -0.477 e. The van der Waals surface area contributed by atoms with Gasteiger partial charge in [-0.25, -0.2) is 9.18 Å². The molecule has 2 fully saturated rings. The quantitative estimate of drug-likeness (QED) is 0.233. The van der Waals surface area contributed by atoms with E-state index in [2.05, 4.69) is 15.6 Å². The normalized spacial score (nSPS) is 22.7. The van der Waals surface area contributed by atoms with E-state index in [4.69, 9.17) is 0 Å². The van der Waals surface area contributed by atoms with E-state index in [9.17, 15) is 33.5 Å². The van der Waals surface area contributed by atoms with Crippen LogP contribution < -0.4 is 16.1 Å². The van der Waals surface area contributed by atoms with Crippen LogP contribution in [0, 0.1) is 5.82 Å². The molecule has 11 nitrogen and oxygen atoms in total. The number of β-lactam (4-membered cyclic amide) rings is 1. The predicted octanol–water partition coefficient (Wildman–Crippen LogP) is 4.20. The largest absolute Gasteiger partial charge is 0.477 e. The topological polar surface area (TPSA) is 151 Å². The summed E-state index contributed by atoms with van der Waals surface area (Å²) in [6.07, 6.45) is 7.09. The number of halogens is 1. The molecule has 3 aliphatic heterocycles. The molecule has 1 saturated carbocycles. The molecule has 3 amide bonds. The average Bonchev–Trinajstić information content (AvgIpc) is 3.44. The number of nitrogens with one attached hydrogen (secondary N) is 2. The fourth-order valence-corrected chi connectivity index (χ4v) is 9.28. The highest BCUT2D eigenvalue weighted by atomic mass is 32.2. The number of carboxylic acids is 1. The van der Waals surface area contributed by atoms with Crippen molar-refractivity contribution in [3.63, 3.8) is 0 Å². The lowest BCUT2D eigenvalue weighted by Crippen LogP contribution is -2.71. The van der Waals surface area contributed by atoms with Crippen LogP contribution in [0.5, 0.6) is 0 Å². The van der Waals surface area contributed by atoms with Crippen LogP contribution in [0.3, 0.4) is 0 Å². The molecule has 2 aromatic carbocycles. The first-order valence-electron chi connectivity index (χ1n) is 16.6. The van der Waals surface area contributed by atoms with E-state index < -0.39 is 52.4 Å². The molecule has 0 bridgehead atoms. The maximum Gasteiger partial charge on any atom is 0.352 e. The van der Waals surface area contributed by atoms with Crippen molar-refractivity contribution in [2.24, 2.45) is 0 Å². The van der Waals surface area contributed by atoms with E-state index in [1.807, 2.05) is 4.57 Å². The van der Waals surface area contributed by atoms with E-state index >= 15 is 0 Å². The zero-order valence-electron chi connectivity index (χ0n) is 26.7. The number of pyridine rings is 2. The van der Waals surface area contributed by atoms with Crippen LogP contribution in [0.2, 0.25) is 0 Å². The van der Waals surface area contributed by atoms with Gasteiger partial charge in [-0.2, -0.15) is 0 Å². The Hall–Kier alpha value is -5.30. The van der Waals surface area contributed by atoms with E-state index in [-0.39, 0.29) is 35.0 Å². The van der Waals surface area contributed by atoms with Crippen molar-refractivity contribution in [2.45, 2.75) is 61.5 Å². The number of hydrogen-bond acceptors (Lipinski definition) is 7. The molecule has 1 aliphatic carbocycles. The Morgan fingerprint density at radius 1 is 1.04 bits per heavy atom. The molecule has 0 radical (unpaired) electrons. The van der Waals surface area contributed by atoms with Gasteiger partial charge in [-0.1, -0.05) is 49.2 Å². The van der Waals surface area contributed by atoms with Gasteiger partial charge in [0, 0.05) is 47.6 Å². The second kappa shape index (κ2) is 12.5. The minimum atomic E-state index is -1.30. The van der Waals surface area contributed by atoms with Crippen LogP contribution in [0.4, 0.5) is 4.39 Å². The van der Waals surface area contributed by atoms with E-state index in [1.54, 1.807) is 54.7 Å². The smallest absolute Gasteiger partial charge is 0.352 e. The van der Waals surface area contributed by atoms with Gasteiger partial charge in [-0.15, -0.1) is 11.8 Å². The summed E-state index contributed by atoms with van der Waals surface area (Å²) in [5.41, 5.74) is 2.11. The molecule has 2 aromatic heterocycles. The first-order chi connectivity index (χ1) is 24.2. The van der Waals surface area contributed by atoms with Gasteiger partial charge in [-0.05, 0) is 53.8 Å². The van der Waals surface area contributed by atoms with Gasteiger partial charge in [-0.3, -0.25) is 29.1 Å². The lowest BCUT2D eigenvalue weighted by Gasteiger charge is -2.49. The van der Waals surface area contributed by atoms with Crippen LogP contribution >= 0.6 is 11.8 Å². The van der Waals surface area contributed by atoms with Gasteiger partial charge in [0.25, 0.3) is 11.8 Å². The molecule has 0 spiro atoms. The molecule has 4 aromatic rings. The number of amides is 3. The summed E-state index contributed by atoms with van der Waals surface area (Å²) in [5.74, 6) is -3.50. The molecule has 50 heavy (non-hydrogen) atoms. The summed E-state index contributed by atoms with van der Waals surface area (Å²) in [6.45, 7) is 0. The third kappa shape index (κ3) is 5.27. The second-order valence-electron chi connectivity index (χ2n) is 13.1. The summed E-state index contributed by atoms with van der Waals surface area (Å²) in [4.78, 5) is 72.9. The predicted molar refractivity (Wildman–Crippen MR) is 183 cm³/mol. The lowest BCUT2D eigenvalue weighted by molar-refractivity contribution is -0.151. The number of aromatic nitrogens is 2. The van der Waals surface area contributed by atoms with Gasteiger partial charge in [0.1, 0.15) is 34.5 Å². The molecule has 254 valence electrons. The van der Waals surface area contributed by atoms with E-state index in [0.717, 1.165) is 31.2 Å². The fraction of sp³-hybridized carbons (Fsp3) is 0.297. The van der Waals surface area contributed by atoms with Crippen molar-refractivity contribution in [2.75, 3.05) is 5.75 Å². The second-order valence-corrected chi connectivity index (χ2v) is 14.2. The van der Waals surface area contributed by atoms with Crippen molar-refractivity contribution in [3.05, 3.63) is 123 Å². The number of nitrogens with zero attached hydrogens (tertiary/aromatic N) is 3. The zero-order valence-corrected chi connectivity index (χ0v) is 27.5. The molecule has 4 aliphatic rings. The molecular formula is C37H32FN5O6S. The highest BCUT2D eigenvalue weighted by molar-refractivity contribution is 8.00. The SMILES string of the molecule is O=C(O)C1=C(Cc2ccccn2)CSC2C(NC(=O)C(NC(=O)c3cn4c5c(cc(F)cc5c3=O)C3CCCCC34)c3ccccc3)C(=O)N12. The molecule has 3 N–H and O–H groups in total. The highest BCUT2D eigenvalue weighted by Crippen LogP contribution is 2.49. The molecule has 5 unspecified atom stereocenters. The first-order valence-corrected chi connectivity index (χ1v) is 17.6. The van der Waals surface area contributed by atoms with Gasteiger partial charge < -0.3 is 20.3 Å². The Bertz CT molecular complexity index is 2170. The minimum absolute atomic E-state index is 0.00166. The van der Waals surface area contributed by atoms with Gasteiger partial charge in [0.15, 0.2) is 0 Å². The zero-order chi connectivity index (χ0) is 34.7. The Kier molecular flexibility index (Phi) is 8.01. The maximum absolute atomic E-state index is 14.8. The number of thioether (sulfide) groups is 1. The van der Waals surface area contributed by atoms with Gasteiger partial charge >= 0.3 is 5.97 Å². The fourth-order valence-electron chi connectivity index (χ4n) is 7.93. The number of hydrogen-bond donors (Lipinski definition) is 3. The monoisotopic (exact) mass is 693 g/mol. The van der Waals surface area contributed by atoms with Crippen molar-refractivity contribution in [3.8, 4) is 0 Å². The molecule has 8 rings (SSSR count). The van der Waals surface area contributed by atoms with Crippen LogP contribution in [0.1, 0.15) is 70.9 Å². The van der Waals surface area contributed by atoms with Gasteiger partial charge in [0.05, 0.1) is 5.52 Å². The summed E-state index contributed by atoms with van der Waals surface area (Å²) in [6, 6.07) is 14.1. The molecule has 1 saturated heterocycles. The van der Waals surface area contributed by atoms with Crippen LogP contribution in [0.25, 0.3) is 10.9 Å². The number of carbonyl (C=O) groups is 4. The summed E-state index contributed by atoms with van der Waals surface area (Å²) in [7, 11) is 0. The first kappa shape index (κ1) is 31.9. The number of rotatable bonds is 8. The third-order valence-electron chi connectivity index (χ3n) is 10.2. The Labute approximate surface area is 289 Å². The molecule has 5 atom stereocenters. The van der Waals surface area contributed by atoms with Crippen molar-refractivity contribution < 1.29 is 28.7 Å². The summed E-state index contributed by atoms with van der Waals surface area (Å²) < 4.78 is 16.8. The molecule has 5 heterocycles. The van der Waals surface area contributed by atoms with Gasteiger partial charge in [0.2, 0.25) is 11.3 Å². The van der Waals surface area contributed by atoms with Crippen molar-refractivity contribution in [1.29, 1.82) is 0 Å².